The van der Waals surface area contributed by atoms with Crippen LogP contribution in [0, 0.1) is 11.3 Å². The minimum atomic E-state index is -0.668. The van der Waals surface area contributed by atoms with Crippen LogP contribution in [-0.2, 0) is 35.0 Å². The van der Waals surface area contributed by atoms with E-state index in [0.29, 0.717) is 50.3 Å². The number of ether oxygens (including phenoxy) is 3. The molecule has 214 valence electrons. The number of nitrogens with one attached hydrogen (secondary N) is 1. The van der Waals surface area contributed by atoms with Gasteiger partial charge in [0.1, 0.15) is 5.60 Å². The molecule has 1 N–H and O–H groups in total. The second-order valence-corrected chi connectivity index (χ2v) is 11.8. The van der Waals surface area contributed by atoms with Crippen molar-refractivity contribution < 1.29 is 28.6 Å². The third-order valence-electron chi connectivity index (χ3n) is 7.07. The highest BCUT2D eigenvalue weighted by atomic mass is 35.5. The Kier molecular flexibility index (Phi) is 13.1. The molecule has 1 aromatic rings. The molecule has 0 heterocycles. The number of hydrogen-bond acceptors (Lipinski definition) is 6. The lowest BCUT2D eigenvalue weighted by atomic mass is 9.75. The number of hydrogen-bond donors (Lipinski definition) is 1. The lowest BCUT2D eigenvalue weighted by Crippen LogP contribution is -2.47. The summed E-state index contributed by atoms with van der Waals surface area (Å²) in [7, 11) is 1.61. The van der Waals surface area contributed by atoms with E-state index in [4.69, 9.17) is 25.8 Å². The Morgan fingerprint density at radius 3 is 2.32 bits per heavy atom. The zero-order valence-corrected chi connectivity index (χ0v) is 24.5. The van der Waals surface area contributed by atoms with Gasteiger partial charge in [-0.1, -0.05) is 36.6 Å². The van der Waals surface area contributed by atoms with E-state index in [0.717, 1.165) is 31.2 Å². The molecule has 8 heteroatoms. The van der Waals surface area contributed by atoms with Crippen molar-refractivity contribution in [2.75, 3.05) is 20.3 Å². The van der Waals surface area contributed by atoms with Gasteiger partial charge in [0.25, 0.3) is 0 Å². The van der Waals surface area contributed by atoms with Crippen LogP contribution in [0.25, 0.3) is 0 Å². The predicted molar refractivity (Wildman–Crippen MR) is 149 cm³/mol. The summed E-state index contributed by atoms with van der Waals surface area (Å²) >= 11 is 6.00. The van der Waals surface area contributed by atoms with Crippen LogP contribution in [0.1, 0.15) is 91.0 Å². The van der Waals surface area contributed by atoms with E-state index in [1.54, 1.807) is 14.0 Å². The second-order valence-electron chi connectivity index (χ2n) is 11.4. The molecule has 1 aliphatic carbocycles. The fourth-order valence-corrected chi connectivity index (χ4v) is 5.31. The number of rotatable bonds is 15. The molecule has 0 saturated heterocycles. The number of benzene rings is 1. The highest BCUT2D eigenvalue weighted by Crippen LogP contribution is 2.44. The van der Waals surface area contributed by atoms with Gasteiger partial charge in [0.2, 0.25) is 5.91 Å². The van der Waals surface area contributed by atoms with Crippen molar-refractivity contribution in [2.24, 2.45) is 11.3 Å². The summed E-state index contributed by atoms with van der Waals surface area (Å²) < 4.78 is 16.2. The van der Waals surface area contributed by atoms with Gasteiger partial charge >= 0.3 is 11.9 Å². The number of esters is 2. The Bertz CT molecular complexity index is 889. The molecule has 2 rings (SSSR count). The molecule has 0 aromatic heterocycles. The summed E-state index contributed by atoms with van der Waals surface area (Å²) in [4.78, 5) is 39.3. The molecule has 1 aromatic carbocycles. The van der Waals surface area contributed by atoms with E-state index in [-0.39, 0.29) is 30.3 Å². The standard InChI is InChI=1S/C30H46ClNO6/c1-6-37-26(33)20-25(11-9-10-22-12-14-24(31)15-13-22)32-28(35)30(17-7-8-18-30)21-23(16-19-36-5)27(34)38-29(2,3)4/h12-15,23,25H,6-11,16-21H2,1-5H3,(H,32,35)/t23-,25+/m1/s1. The van der Waals surface area contributed by atoms with Gasteiger partial charge in [0.15, 0.2) is 0 Å². The average molecular weight is 552 g/mol. The number of carbonyl (C=O) groups excluding carboxylic acids is 3. The van der Waals surface area contributed by atoms with Crippen LogP contribution in [0.4, 0.5) is 0 Å². The molecule has 2 atom stereocenters. The van der Waals surface area contributed by atoms with E-state index in [9.17, 15) is 14.4 Å². The maximum Gasteiger partial charge on any atom is 0.309 e. The van der Waals surface area contributed by atoms with Crippen LogP contribution in [0.2, 0.25) is 5.02 Å². The third-order valence-corrected chi connectivity index (χ3v) is 7.33. The quantitative estimate of drug-likeness (QED) is 0.267. The van der Waals surface area contributed by atoms with Gasteiger partial charge in [0, 0.05) is 24.8 Å². The zero-order chi connectivity index (χ0) is 28.2. The highest BCUT2D eigenvalue weighted by molar-refractivity contribution is 6.30. The van der Waals surface area contributed by atoms with Gasteiger partial charge in [-0.3, -0.25) is 14.4 Å². The smallest absolute Gasteiger partial charge is 0.309 e. The number of amides is 1. The monoisotopic (exact) mass is 551 g/mol. The second kappa shape index (κ2) is 15.5. The first-order valence-electron chi connectivity index (χ1n) is 13.9. The fraction of sp³-hybridized carbons (Fsp3) is 0.700. The van der Waals surface area contributed by atoms with Crippen LogP contribution in [0.3, 0.4) is 0 Å². The van der Waals surface area contributed by atoms with Crippen molar-refractivity contribution >= 4 is 29.4 Å². The Morgan fingerprint density at radius 1 is 1.08 bits per heavy atom. The molecule has 1 fully saturated rings. The van der Waals surface area contributed by atoms with Crippen LogP contribution in [0.15, 0.2) is 24.3 Å². The molecule has 0 aliphatic heterocycles. The fourth-order valence-electron chi connectivity index (χ4n) is 5.18. The summed E-state index contributed by atoms with van der Waals surface area (Å²) in [5, 5.41) is 3.88. The third kappa shape index (κ3) is 10.9. The lowest BCUT2D eigenvalue weighted by molar-refractivity contribution is -0.162. The largest absolute Gasteiger partial charge is 0.466 e. The van der Waals surface area contributed by atoms with Crippen molar-refractivity contribution in [1.29, 1.82) is 0 Å². The van der Waals surface area contributed by atoms with Gasteiger partial charge < -0.3 is 19.5 Å². The first-order valence-corrected chi connectivity index (χ1v) is 14.3. The minimum absolute atomic E-state index is 0.0817. The van der Waals surface area contributed by atoms with Gasteiger partial charge in [-0.15, -0.1) is 0 Å². The van der Waals surface area contributed by atoms with E-state index in [1.807, 2.05) is 45.0 Å². The molecule has 1 aliphatic rings. The van der Waals surface area contributed by atoms with Crippen molar-refractivity contribution in [3.63, 3.8) is 0 Å². The molecule has 0 spiro atoms. The van der Waals surface area contributed by atoms with Crippen molar-refractivity contribution in [2.45, 2.75) is 104 Å². The summed E-state index contributed by atoms with van der Waals surface area (Å²) in [6.07, 6.45) is 6.56. The first kappa shape index (κ1) is 32.1. The van der Waals surface area contributed by atoms with Crippen LogP contribution < -0.4 is 5.32 Å². The molecule has 0 bridgehead atoms. The minimum Gasteiger partial charge on any atom is -0.466 e. The topological polar surface area (TPSA) is 90.9 Å². The average Bonchev–Trinajstić information content (AvgIpc) is 3.32. The Labute approximate surface area is 233 Å². The Balaban J connectivity index is 2.14. The van der Waals surface area contributed by atoms with E-state index in [2.05, 4.69) is 5.32 Å². The molecular weight excluding hydrogens is 506 g/mol. The van der Waals surface area contributed by atoms with Gasteiger partial charge in [-0.25, -0.2) is 0 Å². The first-order chi connectivity index (χ1) is 18.0. The molecule has 0 unspecified atom stereocenters. The number of halogens is 1. The molecular formula is C30H46ClNO6. The maximum atomic E-state index is 13.8. The van der Waals surface area contributed by atoms with E-state index >= 15 is 0 Å². The molecule has 0 radical (unpaired) electrons. The number of aryl methyl sites for hydroxylation is 1. The summed E-state index contributed by atoms with van der Waals surface area (Å²) in [6.45, 7) is 8.03. The lowest BCUT2D eigenvalue weighted by Gasteiger charge is -2.34. The van der Waals surface area contributed by atoms with Crippen LogP contribution in [-0.4, -0.2) is 49.8 Å². The van der Waals surface area contributed by atoms with Crippen LogP contribution >= 0.6 is 11.6 Å². The van der Waals surface area contributed by atoms with Crippen LogP contribution in [0.5, 0.6) is 0 Å². The zero-order valence-electron chi connectivity index (χ0n) is 23.8. The van der Waals surface area contributed by atoms with Crippen molar-refractivity contribution in [1.82, 2.24) is 5.32 Å². The Morgan fingerprint density at radius 2 is 1.74 bits per heavy atom. The summed E-state index contributed by atoms with van der Waals surface area (Å²) in [5.41, 5.74) is -0.123. The molecule has 7 nitrogen and oxygen atoms in total. The summed E-state index contributed by atoms with van der Waals surface area (Å²) in [6, 6.07) is 7.37. The van der Waals surface area contributed by atoms with Gasteiger partial charge in [0.05, 0.1) is 24.4 Å². The summed E-state index contributed by atoms with van der Waals surface area (Å²) in [5.74, 6) is -1.13. The van der Waals surface area contributed by atoms with Gasteiger partial charge in [-0.05, 0) is 90.3 Å². The molecule has 1 amide bonds. The Hall–Kier alpha value is -2.12. The van der Waals surface area contributed by atoms with Crippen molar-refractivity contribution in [3.8, 4) is 0 Å². The molecule has 38 heavy (non-hydrogen) atoms. The SMILES string of the molecule is CCOC(=O)C[C@H](CCCc1ccc(Cl)cc1)NC(=O)C1(C[C@@H](CCOC)C(=O)OC(C)(C)C)CCCC1. The number of methoxy groups -OCH3 is 1. The van der Waals surface area contributed by atoms with E-state index in [1.165, 1.54) is 0 Å². The normalized spacial score (nSPS) is 16.5. The maximum absolute atomic E-state index is 13.8. The molecule has 1 saturated carbocycles. The van der Waals surface area contributed by atoms with E-state index < -0.39 is 16.9 Å². The predicted octanol–water partition coefficient (Wildman–Crippen LogP) is 6.05. The van der Waals surface area contributed by atoms with Gasteiger partial charge in [-0.2, -0.15) is 0 Å². The highest BCUT2D eigenvalue weighted by Gasteiger charge is 2.45. The van der Waals surface area contributed by atoms with Crippen molar-refractivity contribution in [3.05, 3.63) is 34.9 Å². The number of carbonyl (C=O) groups is 3.